The van der Waals surface area contributed by atoms with Crippen LogP contribution >= 0.6 is 15.9 Å². The number of hydrogen-bond acceptors (Lipinski definition) is 4. The van der Waals surface area contributed by atoms with E-state index in [1.165, 1.54) is 12.1 Å². The predicted octanol–water partition coefficient (Wildman–Crippen LogP) is 4.20. The number of ether oxygens (including phenoxy) is 1. The van der Waals surface area contributed by atoms with E-state index in [9.17, 15) is 8.42 Å². The van der Waals surface area contributed by atoms with Crippen molar-refractivity contribution in [3.63, 3.8) is 0 Å². The van der Waals surface area contributed by atoms with Gasteiger partial charge in [-0.15, -0.1) is 0 Å². The van der Waals surface area contributed by atoms with E-state index in [0.29, 0.717) is 28.0 Å². The van der Waals surface area contributed by atoms with Crippen LogP contribution in [0.2, 0.25) is 0 Å². The zero-order valence-corrected chi connectivity index (χ0v) is 15.3. The molecule has 0 saturated heterocycles. The number of nitrogens with one attached hydrogen (secondary N) is 1. The summed E-state index contributed by atoms with van der Waals surface area (Å²) in [6.07, 6.45) is 1.63. The van der Waals surface area contributed by atoms with Crippen LogP contribution in [0, 0.1) is 0 Å². The first kappa shape index (κ1) is 16.7. The molecular formula is C17H15BrN2O3S. The number of fused-ring (bicyclic) bond motifs is 1. The van der Waals surface area contributed by atoms with E-state index in [0.717, 1.165) is 5.39 Å². The van der Waals surface area contributed by atoms with Gasteiger partial charge in [-0.3, -0.25) is 9.71 Å². The number of pyridine rings is 1. The molecule has 0 aliphatic heterocycles. The smallest absolute Gasteiger partial charge is 0.262 e. The van der Waals surface area contributed by atoms with Crippen LogP contribution in [0.25, 0.3) is 10.9 Å². The third kappa shape index (κ3) is 3.37. The molecule has 5 nitrogen and oxygen atoms in total. The molecule has 0 unspecified atom stereocenters. The van der Waals surface area contributed by atoms with Crippen LogP contribution in [0.5, 0.6) is 5.75 Å². The molecule has 24 heavy (non-hydrogen) atoms. The fourth-order valence-corrected chi connectivity index (χ4v) is 3.75. The summed E-state index contributed by atoms with van der Waals surface area (Å²) in [6.45, 7) is 2.29. The molecule has 3 aromatic rings. The first-order chi connectivity index (χ1) is 11.5. The fourth-order valence-electron chi connectivity index (χ4n) is 2.31. The highest BCUT2D eigenvalue weighted by molar-refractivity contribution is 9.10. The summed E-state index contributed by atoms with van der Waals surface area (Å²) >= 11 is 3.35. The van der Waals surface area contributed by atoms with Crippen LogP contribution in [0.3, 0.4) is 0 Å². The van der Waals surface area contributed by atoms with Crippen molar-refractivity contribution >= 4 is 42.5 Å². The molecule has 0 amide bonds. The van der Waals surface area contributed by atoms with Gasteiger partial charge >= 0.3 is 0 Å². The van der Waals surface area contributed by atoms with Gasteiger partial charge in [0.05, 0.1) is 27.2 Å². The van der Waals surface area contributed by atoms with Gasteiger partial charge < -0.3 is 4.74 Å². The van der Waals surface area contributed by atoms with E-state index in [2.05, 4.69) is 25.6 Å². The van der Waals surface area contributed by atoms with Gasteiger partial charge in [-0.05, 0) is 47.1 Å². The van der Waals surface area contributed by atoms with E-state index < -0.39 is 10.0 Å². The molecule has 0 fully saturated rings. The summed E-state index contributed by atoms with van der Waals surface area (Å²) in [5, 5.41) is 0.864. The Bertz CT molecular complexity index is 985. The summed E-state index contributed by atoms with van der Waals surface area (Å²) in [5.74, 6) is 0.483. The van der Waals surface area contributed by atoms with Crippen molar-refractivity contribution in [1.29, 1.82) is 0 Å². The first-order valence-corrected chi connectivity index (χ1v) is 9.58. The standard InChI is InChI=1S/C17H15BrN2O3S/c1-2-23-16-11-13(8-9-14(16)18)24(21,22)20-15-7-3-5-12-6-4-10-19-17(12)15/h3-11,20H,2H2,1H3. The van der Waals surface area contributed by atoms with Gasteiger partial charge in [-0.25, -0.2) is 8.42 Å². The summed E-state index contributed by atoms with van der Waals surface area (Å²) in [4.78, 5) is 4.39. The molecule has 0 atom stereocenters. The second-order valence-corrected chi connectivity index (χ2v) is 7.55. The van der Waals surface area contributed by atoms with Gasteiger partial charge in [0.2, 0.25) is 0 Å². The minimum Gasteiger partial charge on any atom is -0.493 e. The minimum absolute atomic E-state index is 0.127. The maximum atomic E-state index is 12.7. The molecule has 0 radical (unpaired) electrons. The quantitative estimate of drug-likeness (QED) is 0.689. The summed E-state index contributed by atoms with van der Waals surface area (Å²) < 4.78 is 34.2. The molecule has 124 valence electrons. The van der Waals surface area contributed by atoms with E-state index >= 15 is 0 Å². The first-order valence-electron chi connectivity index (χ1n) is 7.30. The lowest BCUT2D eigenvalue weighted by molar-refractivity contribution is 0.337. The molecule has 7 heteroatoms. The second kappa shape index (κ2) is 6.78. The second-order valence-electron chi connectivity index (χ2n) is 5.01. The number of nitrogens with zero attached hydrogens (tertiary/aromatic N) is 1. The van der Waals surface area contributed by atoms with Crippen LogP contribution < -0.4 is 9.46 Å². The number of sulfonamides is 1. The molecule has 2 aromatic carbocycles. The molecule has 0 aliphatic carbocycles. The largest absolute Gasteiger partial charge is 0.493 e. The highest BCUT2D eigenvalue weighted by atomic mass is 79.9. The van der Waals surface area contributed by atoms with E-state index in [1.807, 2.05) is 25.1 Å². The van der Waals surface area contributed by atoms with E-state index in [1.54, 1.807) is 24.4 Å². The third-order valence-electron chi connectivity index (χ3n) is 3.39. The molecule has 0 aliphatic rings. The summed E-state index contributed by atoms with van der Waals surface area (Å²) in [5.41, 5.74) is 1.04. The maximum Gasteiger partial charge on any atom is 0.262 e. The normalized spacial score (nSPS) is 11.4. The number of rotatable bonds is 5. The number of aromatic nitrogens is 1. The third-order valence-corrected chi connectivity index (χ3v) is 5.41. The Kier molecular flexibility index (Phi) is 4.73. The Labute approximate surface area is 148 Å². The zero-order chi connectivity index (χ0) is 17.2. The minimum atomic E-state index is -3.75. The Morgan fingerprint density at radius 2 is 1.96 bits per heavy atom. The van der Waals surface area contributed by atoms with Crippen LogP contribution in [0.4, 0.5) is 5.69 Å². The molecule has 0 saturated carbocycles. The number of halogens is 1. The molecule has 1 aromatic heterocycles. The zero-order valence-electron chi connectivity index (χ0n) is 12.9. The van der Waals surface area contributed by atoms with Gasteiger partial charge in [-0.1, -0.05) is 18.2 Å². The van der Waals surface area contributed by atoms with Gasteiger partial charge in [0.15, 0.2) is 0 Å². The van der Waals surface area contributed by atoms with Gasteiger partial charge in [0.25, 0.3) is 10.0 Å². The number of hydrogen-bond donors (Lipinski definition) is 1. The van der Waals surface area contributed by atoms with Crippen molar-refractivity contribution in [1.82, 2.24) is 4.98 Å². The van der Waals surface area contributed by atoms with Crippen molar-refractivity contribution in [2.75, 3.05) is 11.3 Å². The molecule has 0 spiro atoms. The average molecular weight is 407 g/mol. The van der Waals surface area contributed by atoms with Crippen LogP contribution in [0.1, 0.15) is 6.92 Å². The number of anilines is 1. The molecule has 3 rings (SSSR count). The Morgan fingerprint density at radius 1 is 1.17 bits per heavy atom. The maximum absolute atomic E-state index is 12.7. The lowest BCUT2D eigenvalue weighted by Crippen LogP contribution is -2.13. The van der Waals surface area contributed by atoms with Gasteiger partial charge in [0.1, 0.15) is 5.75 Å². The van der Waals surface area contributed by atoms with E-state index in [-0.39, 0.29) is 4.90 Å². The topological polar surface area (TPSA) is 68.3 Å². The predicted molar refractivity (Wildman–Crippen MR) is 97.9 cm³/mol. The highest BCUT2D eigenvalue weighted by Crippen LogP contribution is 2.30. The molecular weight excluding hydrogens is 392 g/mol. The molecule has 1 heterocycles. The molecule has 1 N–H and O–H groups in total. The Morgan fingerprint density at radius 3 is 2.75 bits per heavy atom. The molecule has 0 bridgehead atoms. The SMILES string of the molecule is CCOc1cc(S(=O)(=O)Nc2cccc3cccnc23)ccc1Br. The van der Waals surface area contributed by atoms with Crippen molar-refractivity contribution < 1.29 is 13.2 Å². The summed E-state index contributed by atoms with van der Waals surface area (Å²) in [7, 11) is -3.75. The van der Waals surface area contributed by atoms with Crippen LogP contribution in [-0.2, 0) is 10.0 Å². The highest BCUT2D eigenvalue weighted by Gasteiger charge is 2.18. The van der Waals surface area contributed by atoms with Crippen molar-refractivity contribution in [2.45, 2.75) is 11.8 Å². The van der Waals surface area contributed by atoms with Crippen molar-refractivity contribution in [3.05, 3.63) is 59.2 Å². The monoisotopic (exact) mass is 406 g/mol. The lowest BCUT2D eigenvalue weighted by atomic mass is 10.2. The van der Waals surface area contributed by atoms with Gasteiger partial charge in [0, 0.05) is 17.6 Å². The van der Waals surface area contributed by atoms with Crippen molar-refractivity contribution in [2.24, 2.45) is 0 Å². The Hall–Kier alpha value is -2.12. The van der Waals surface area contributed by atoms with E-state index in [4.69, 9.17) is 4.74 Å². The van der Waals surface area contributed by atoms with Crippen LogP contribution in [0.15, 0.2) is 64.1 Å². The number of benzene rings is 2. The lowest BCUT2D eigenvalue weighted by Gasteiger charge is -2.12. The van der Waals surface area contributed by atoms with Crippen molar-refractivity contribution in [3.8, 4) is 5.75 Å². The Balaban J connectivity index is 2.01. The van der Waals surface area contributed by atoms with Crippen LogP contribution in [-0.4, -0.2) is 20.0 Å². The fraction of sp³-hybridized carbons (Fsp3) is 0.118. The number of para-hydroxylation sites is 1. The summed E-state index contributed by atoms with van der Waals surface area (Å²) in [6, 6.07) is 13.7. The van der Waals surface area contributed by atoms with Gasteiger partial charge in [-0.2, -0.15) is 0 Å². The average Bonchev–Trinajstić information content (AvgIpc) is 2.57.